The van der Waals surface area contributed by atoms with E-state index in [1.807, 2.05) is 6.92 Å². The maximum Gasteiger partial charge on any atom is 0.237 e. The predicted octanol–water partition coefficient (Wildman–Crippen LogP) is 2.40. The molecule has 2 rings (SSSR count). The first-order chi connectivity index (χ1) is 9.60. The van der Waals surface area contributed by atoms with Gasteiger partial charge in [-0.1, -0.05) is 23.1 Å². The average molecular weight is 312 g/mol. The van der Waals surface area contributed by atoms with E-state index in [0.717, 1.165) is 0 Å². The van der Waals surface area contributed by atoms with Gasteiger partial charge in [-0.3, -0.25) is 4.79 Å². The van der Waals surface area contributed by atoms with E-state index in [-0.39, 0.29) is 17.5 Å². The number of carbonyl (C=O) groups excluding carboxylic acids is 1. The van der Waals surface area contributed by atoms with Gasteiger partial charge >= 0.3 is 0 Å². The van der Waals surface area contributed by atoms with Crippen LogP contribution >= 0.6 is 23.1 Å². The minimum Gasteiger partial charge on any atom is -0.374 e. The molecule has 0 spiro atoms. The van der Waals surface area contributed by atoms with Crippen LogP contribution < -0.4 is 10.6 Å². The summed E-state index contributed by atoms with van der Waals surface area (Å²) in [6, 6.07) is 5.85. The maximum absolute atomic E-state index is 12.9. The second kappa shape index (κ2) is 6.67. The fourth-order valence-electron chi connectivity index (χ4n) is 1.60. The molecule has 2 N–H and O–H groups in total. The van der Waals surface area contributed by atoms with Gasteiger partial charge in [0.1, 0.15) is 5.82 Å². The number of carbonyl (C=O) groups is 1. The van der Waals surface area contributed by atoms with Gasteiger partial charge in [0.15, 0.2) is 4.34 Å². The number of hydrogen-bond acceptors (Lipinski definition) is 6. The summed E-state index contributed by atoms with van der Waals surface area (Å²) < 4.78 is 13.6. The predicted molar refractivity (Wildman–Crippen MR) is 79.5 cm³/mol. The summed E-state index contributed by atoms with van der Waals surface area (Å²) in [6.45, 7) is 2.39. The molecule has 1 aromatic carbocycles. The second-order valence-corrected chi connectivity index (χ2v) is 6.04. The highest BCUT2D eigenvalue weighted by Crippen LogP contribution is 2.24. The highest BCUT2D eigenvalue weighted by atomic mass is 32.2. The fraction of sp³-hybridized carbons (Fsp3) is 0.250. The topological polar surface area (TPSA) is 72.1 Å². The first kappa shape index (κ1) is 14.7. The van der Waals surface area contributed by atoms with E-state index in [1.54, 1.807) is 17.0 Å². The fourth-order valence-corrected chi connectivity index (χ4v) is 3.12. The lowest BCUT2D eigenvalue weighted by Crippen LogP contribution is -2.32. The van der Waals surface area contributed by atoms with Crippen molar-refractivity contribution in [3.8, 4) is 0 Å². The van der Waals surface area contributed by atoms with Crippen molar-refractivity contribution >= 4 is 39.8 Å². The summed E-state index contributed by atoms with van der Waals surface area (Å²) in [7, 11) is 0. The molecule has 0 radical (unpaired) electrons. The largest absolute Gasteiger partial charge is 0.374 e. The van der Waals surface area contributed by atoms with Gasteiger partial charge in [0, 0.05) is 12.2 Å². The minimum absolute atomic E-state index is 0.0714. The summed E-state index contributed by atoms with van der Waals surface area (Å²) >= 11 is 2.54. The standard InChI is InChI=1S/C12H13FN4OS2/c1-2-17(9-5-3-8(13)4-6-9)10(18)7-19-12-16-15-11(14)20-12/h3-6H,2,7H2,1H3,(H2,14,15). The van der Waals surface area contributed by atoms with E-state index in [9.17, 15) is 9.18 Å². The summed E-state index contributed by atoms with van der Waals surface area (Å²) in [5, 5.41) is 7.91. The summed E-state index contributed by atoms with van der Waals surface area (Å²) in [6.07, 6.45) is 0. The Bertz CT molecular complexity index is 587. The molecule has 0 saturated heterocycles. The van der Waals surface area contributed by atoms with Crippen LogP contribution in [-0.4, -0.2) is 28.4 Å². The Balaban J connectivity index is 2.00. The summed E-state index contributed by atoms with van der Waals surface area (Å²) in [4.78, 5) is 13.8. The van der Waals surface area contributed by atoms with E-state index in [2.05, 4.69) is 10.2 Å². The van der Waals surface area contributed by atoms with Gasteiger partial charge in [0.2, 0.25) is 11.0 Å². The number of anilines is 2. The van der Waals surface area contributed by atoms with Crippen molar-refractivity contribution < 1.29 is 9.18 Å². The first-order valence-corrected chi connectivity index (χ1v) is 7.68. The molecule has 0 fully saturated rings. The summed E-state index contributed by atoms with van der Waals surface area (Å²) in [5.74, 6) is -0.159. The van der Waals surface area contributed by atoms with Crippen molar-refractivity contribution in [2.75, 3.05) is 22.9 Å². The second-order valence-electron chi connectivity index (χ2n) is 3.81. The van der Waals surface area contributed by atoms with E-state index in [4.69, 9.17) is 5.73 Å². The smallest absolute Gasteiger partial charge is 0.237 e. The van der Waals surface area contributed by atoms with Crippen molar-refractivity contribution in [3.63, 3.8) is 0 Å². The van der Waals surface area contributed by atoms with Gasteiger partial charge in [-0.15, -0.1) is 10.2 Å². The summed E-state index contributed by atoms with van der Waals surface area (Å²) in [5.41, 5.74) is 6.15. The molecule has 0 unspecified atom stereocenters. The number of benzene rings is 1. The zero-order chi connectivity index (χ0) is 14.5. The van der Waals surface area contributed by atoms with Crippen molar-refractivity contribution in [2.24, 2.45) is 0 Å². The number of halogens is 1. The number of nitrogens with zero attached hydrogens (tertiary/aromatic N) is 3. The molecular formula is C12H13FN4OS2. The van der Waals surface area contributed by atoms with Crippen molar-refractivity contribution in [3.05, 3.63) is 30.1 Å². The van der Waals surface area contributed by atoms with Gasteiger partial charge in [-0.05, 0) is 31.2 Å². The van der Waals surface area contributed by atoms with Crippen molar-refractivity contribution in [2.45, 2.75) is 11.3 Å². The lowest BCUT2D eigenvalue weighted by atomic mass is 10.3. The molecule has 8 heteroatoms. The first-order valence-electron chi connectivity index (χ1n) is 5.88. The molecule has 0 saturated carbocycles. The lowest BCUT2D eigenvalue weighted by molar-refractivity contribution is -0.116. The van der Waals surface area contributed by atoms with Gasteiger partial charge in [-0.2, -0.15) is 0 Å². The van der Waals surface area contributed by atoms with Crippen LogP contribution in [0, 0.1) is 5.82 Å². The molecule has 0 atom stereocenters. The van der Waals surface area contributed by atoms with Crippen LogP contribution in [-0.2, 0) is 4.79 Å². The number of amides is 1. The number of thioether (sulfide) groups is 1. The number of nitrogen functional groups attached to an aromatic ring is 1. The minimum atomic E-state index is -0.323. The van der Waals surface area contributed by atoms with E-state index in [0.29, 0.717) is 21.7 Å². The molecule has 20 heavy (non-hydrogen) atoms. The van der Waals surface area contributed by atoms with Crippen LogP contribution in [0.1, 0.15) is 6.92 Å². The van der Waals surface area contributed by atoms with Crippen molar-refractivity contribution in [1.29, 1.82) is 0 Å². The molecule has 5 nitrogen and oxygen atoms in total. The lowest BCUT2D eigenvalue weighted by Gasteiger charge is -2.20. The van der Waals surface area contributed by atoms with Crippen molar-refractivity contribution in [1.82, 2.24) is 10.2 Å². The van der Waals surface area contributed by atoms with Crippen LogP contribution in [0.15, 0.2) is 28.6 Å². The quantitative estimate of drug-likeness (QED) is 0.858. The highest BCUT2D eigenvalue weighted by molar-refractivity contribution is 8.01. The number of hydrogen-bond donors (Lipinski definition) is 1. The molecule has 1 heterocycles. The highest BCUT2D eigenvalue weighted by Gasteiger charge is 2.15. The monoisotopic (exact) mass is 312 g/mol. The number of rotatable bonds is 5. The molecular weight excluding hydrogens is 299 g/mol. The molecule has 0 aliphatic rings. The van der Waals surface area contributed by atoms with Crippen LogP contribution in [0.25, 0.3) is 0 Å². The normalized spacial score (nSPS) is 10.5. The van der Waals surface area contributed by atoms with Gasteiger partial charge < -0.3 is 10.6 Å². The van der Waals surface area contributed by atoms with Gasteiger partial charge in [0.05, 0.1) is 5.75 Å². The molecule has 2 aromatic rings. The van der Waals surface area contributed by atoms with Crippen LogP contribution in [0.5, 0.6) is 0 Å². The molecule has 106 valence electrons. The SMILES string of the molecule is CCN(C(=O)CSc1nnc(N)s1)c1ccc(F)cc1. The molecule has 0 aliphatic heterocycles. The van der Waals surface area contributed by atoms with Gasteiger partial charge in [-0.25, -0.2) is 4.39 Å². The van der Waals surface area contributed by atoms with Crippen LogP contribution in [0.2, 0.25) is 0 Å². The Morgan fingerprint density at radius 2 is 2.10 bits per heavy atom. The third-order valence-electron chi connectivity index (χ3n) is 2.50. The average Bonchev–Trinajstić information content (AvgIpc) is 2.85. The zero-order valence-electron chi connectivity index (χ0n) is 10.7. The Morgan fingerprint density at radius 3 is 2.65 bits per heavy atom. The third kappa shape index (κ3) is 3.67. The Kier molecular flexibility index (Phi) is 4.91. The molecule has 0 bridgehead atoms. The van der Waals surface area contributed by atoms with Crippen LogP contribution in [0.3, 0.4) is 0 Å². The van der Waals surface area contributed by atoms with Crippen LogP contribution in [0.4, 0.5) is 15.2 Å². The number of aromatic nitrogens is 2. The maximum atomic E-state index is 12.9. The third-order valence-corrected chi connectivity index (χ3v) is 4.37. The Labute approximate surface area is 124 Å². The van der Waals surface area contributed by atoms with E-state index < -0.39 is 0 Å². The van der Waals surface area contributed by atoms with E-state index >= 15 is 0 Å². The Morgan fingerprint density at radius 1 is 1.40 bits per heavy atom. The van der Waals surface area contributed by atoms with Gasteiger partial charge in [0.25, 0.3) is 0 Å². The zero-order valence-corrected chi connectivity index (χ0v) is 12.4. The molecule has 1 aromatic heterocycles. The van der Waals surface area contributed by atoms with E-state index in [1.165, 1.54) is 35.2 Å². The molecule has 1 amide bonds. The number of nitrogens with two attached hydrogens (primary N) is 1. The Hall–Kier alpha value is -1.67. The molecule has 0 aliphatic carbocycles.